The van der Waals surface area contributed by atoms with Crippen molar-refractivity contribution in [1.82, 2.24) is 35.3 Å². The number of H-pyrrole nitrogens is 1. The fraction of sp³-hybridized carbons (Fsp3) is 0.192. The predicted octanol–water partition coefficient (Wildman–Crippen LogP) is 2.01. The maximum absolute atomic E-state index is 13.6. The van der Waals surface area contributed by atoms with Gasteiger partial charge in [0.15, 0.2) is 4.34 Å². The average molecular weight is 624 g/mol. The predicted molar refractivity (Wildman–Crippen MR) is 156 cm³/mol. The zero-order valence-electron chi connectivity index (χ0n) is 21.4. The second kappa shape index (κ2) is 11.5. The van der Waals surface area contributed by atoms with E-state index in [9.17, 15) is 29.1 Å². The molecule has 214 valence electrons. The molecule has 0 spiro atoms. The first-order chi connectivity index (χ1) is 20.3. The number of fused-ring (bicyclic) bond motifs is 2. The van der Waals surface area contributed by atoms with Gasteiger partial charge in [-0.05, 0) is 23.3 Å². The Labute approximate surface area is 249 Å². The number of aromatic amines is 1. The van der Waals surface area contributed by atoms with Gasteiger partial charge in [-0.25, -0.2) is 19.0 Å². The molecule has 3 atom stereocenters. The van der Waals surface area contributed by atoms with Crippen molar-refractivity contribution in [2.75, 3.05) is 11.5 Å². The van der Waals surface area contributed by atoms with E-state index in [1.807, 2.05) is 0 Å². The standard InChI is InChI=1S/C26H21N7O6S3/c34-20(17(13-6-2-1-3-7-13)30-25(39)32-16-9-5-4-8-15(16)28-24(32)38)29-18-21(35)33-19(23(36)37)14(10-40-22(18)33)11-41-26-31-27-12-42-26/h1-9,12,17-18,22H,10-11H2,(H,28,38)(H,29,34)(H,30,39)(H,36,37)/t17?,18?,22-/m0/s1. The van der Waals surface area contributed by atoms with Gasteiger partial charge in [-0.15, -0.1) is 22.0 Å². The monoisotopic (exact) mass is 623 g/mol. The number of carbonyl (C=O) groups excluding carboxylic acids is 3. The molecular formula is C26H21N7O6S3. The van der Waals surface area contributed by atoms with E-state index in [1.165, 1.54) is 39.8 Å². The molecule has 42 heavy (non-hydrogen) atoms. The molecule has 4 heterocycles. The van der Waals surface area contributed by atoms with Crippen LogP contribution in [0.5, 0.6) is 0 Å². The van der Waals surface area contributed by atoms with Crippen molar-refractivity contribution in [3.63, 3.8) is 0 Å². The number of carbonyl (C=O) groups is 4. The van der Waals surface area contributed by atoms with E-state index >= 15 is 0 Å². The van der Waals surface area contributed by atoms with Gasteiger partial charge in [0.1, 0.15) is 28.7 Å². The third kappa shape index (κ3) is 5.08. The van der Waals surface area contributed by atoms with Gasteiger partial charge in [0.2, 0.25) is 5.91 Å². The summed E-state index contributed by atoms with van der Waals surface area (Å²) in [4.78, 5) is 68.6. The van der Waals surface area contributed by atoms with Crippen LogP contribution in [0.3, 0.4) is 0 Å². The normalized spacial score (nSPS) is 18.8. The lowest BCUT2D eigenvalue weighted by molar-refractivity contribution is -0.151. The number of rotatable bonds is 8. The van der Waals surface area contributed by atoms with Crippen molar-refractivity contribution in [2.24, 2.45) is 0 Å². The number of nitrogens with one attached hydrogen (secondary N) is 3. The smallest absolute Gasteiger partial charge is 0.352 e. The van der Waals surface area contributed by atoms with Gasteiger partial charge in [0.25, 0.3) is 5.91 Å². The highest BCUT2D eigenvalue weighted by Crippen LogP contribution is 2.41. The summed E-state index contributed by atoms with van der Waals surface area (Å²) in [6.07, 6.45) is 0. The topological polar surface area (TPSA) is 179 Å². The number of hydrogen-bond acceptors (Lipinski definition) is 10. The maximum Gasteiger partial charge on any atom is 0.352 e. The van der Waals surface area contributed by atoms with Gasteiger partial charge in [-0.2, -0.15) is 0 Å². The molecule has 2 aliphatic heterocycles. The summed E-state index contributed by atoms with van der Waals surface area (Å²) >= 11 is 4.02. The minimum atomic E-state index is -1.25. The minimum absolute atomic E-state index is 0.0992. The fourth-order valence-corrected chi connectivity index (χ4v) is 7.77. The van der Waals surface area contributed by atoms with E-state index in [-0.39, 0.29) is 5.70 Å². The lowest BCUT2D eigenvalue weighted by atomic mass is 10.0. The quantitative estimate of drug-likeness (QED) is 0.168. The molecule has 1 fully saturated rings. The molecule has 6 rings (SSSR count). The Kier molecular flexibility index (Phi) is 7.57. The third-order valence-corrected chi connectivity index (χ3v) is 10.00. The molecule has 0 radical (unpaired) electrons. The molecule has 4 N–H and O–H groups in total. The Balaban J connectivity index is 1.21. The average Bonchev–Trinajstić information content (AvgIpc) is 3.64. The van der Waals surface area contributed by atoms with Crippen LogP contribution in [0.4, 0.5) is 4.79 Å². The number of carboxylic acids is 1. The van der Waals surface area contributed by atoms with Crippen molar-refractivity contribution in [2.45, 2.75) is 21.8 Å². The first-order valence-corrected chi connectivity index (χ1v) is 15.4. The number of imidazole rings is 1. The number of benzene rings is 2. The van der Waals surface area contributed by atoms with Crippen LogP contribution in [0.15, 0.2) is 80.5 Å². The van der Waals surface area contributed by atoms with E-state index in [2.05, 4.69) is 25.8 Å². The lowest BCUT2D eigenvalue weighted by Crippen LogP contribution is -2.71. The number of thioether (sulfide) groups is 2. The summed E-state index contributed by atoms with van der Waals surface area (Å²) < 4.78 is 1.58. The molecule has 13 nitrogen and oxygen atoms in total. The van der Waals surface area contributed by atoms with E-state index in [1.54, 1.807) is 60.1 Å². The van der Waals surface area contributed by atoms with Crippen LogP contribution in [0.1, 0.15) is 11.6 Å². The number of carboxylic acid groups (broad SMARTS) is 1. The second-order valence-electron chi connectivity index (χ2n) is 9.22. The number of para-hydroxylation sites is 2. The molecule has 2 aromatic heterocycles. The van der Waals surface area contributed by atoms with E-state index in [0.717, 1.165) is 4.57 Å². The SMILES string of the molecule is O=C(O)C1=C(CSc2nncs2)CS[C@H]2C(NC(=O)C(NC(=O)n3c(=O)[nH]c4ccccc43)c3ccccc3)C(=O)N12. The number of aromatic nitrogens is 4. The van der Waals surface area contributed by atoms with Gasteiger partial charge < -0.3 is 20.7 Å². The van der Waals surface area contributed by atoms with Crippen LogP contribution in [0.2, 0.25) is 0 Å². The molecule has 2 aromatic carbocycles. The molecule has 0 bridgehead atoms. The zero-order chi connectivity index (χ0) is 29.4. The molecule has 0 aliphatic carbocycles. The highest BCUT2D eigenvalue weighted by Gasteiger charge is 2.54. The zero-order valence-corrected chi connectivity index (χ0v) is 23.9. The first-order valence-electron chi connectivity index (χ1n) is 12.5. The van der Waals surface area contributed by atoms with Crippen LogP contribution in [-0.4, -0.2) is 76.5 Å². The Hall–Kier alpha value is -4.41. The van der Waals surface area contributed by atoms with Crippen molar-refractivity contribution in [3.8, 4) is 0 Å². The van der Waals surface area contributed by atoms with E-state index < -0.39 is 47.0 Å². The Morgan fingerprint density at radius 3 is 2.62 bits per heavy atom. The van der Waals surface area contributed by atoms with Gasteiger partial charge in [0.05, 0.1) is 11.0 Å². The highest BCUT2D eigenvalue weighted by atomic mass is 32.2. The van der Waals surface area contributed by atoms with Crippen LogP contribution in [0.25, 0.3) is 11.0 Å². The molecule has 0 saturated carbocycles. The fourth-order valence-electron chi connectivity index (χ4n) is 4.80. The highest BCUT2D eigenvalue weighted by molar-refractivity contribution is 8.01. The van der Waals surface area contributed by atoms with E-state index in [4.69, 9.17) is 0 Å². The summed E-state index contributed by atoms with van der Waals surface area (Å²) in [5.74, 6) is -1.81. The van der Waals surface area contributed by atoms with Gasteiger partial charge in [0, 0.05) is 11.5 Å². The lowest BCUT2D eigenvalue weighted by Gasteiger charge is -2.49. The molecule has 16 heteroatoms. The summed E-state index contributed by atoms with van der Waals surface area (Å²) in [7, 11) is 0. The molecule has 2 unspecified atom stereocenters. The molecule has 1 saturated heterocycles. The van der Waals surface area contributed by atoms with Gasteiger partial charge in [-0.3, -0.25) is 14.5 Å². The van der Waals surface area contributed by atoms with Gasteiger partial charge >= 0.3 is 17.7 Å². The number of nitrogens with zero attached hydrogens (tertiary/aromatic N) is 4. The van der Waals surface area contributed by atoms with Crippen LogP contribution in [0, 0.1) is 0 Å². The van der Waals surface area contributed by atoms with Crippen molar-refractivity contribution >= 4 is 69.7 Å². The summed E-state index contributed by atoms with van der Waals surface area (Å²) in [5, 5.41) is 22.3. The van der Waals surface area contributed by atoms with Gasteiger partial charge in [-0.1, -0.05) is 65.6 Å². The van der Waals surface area contributed by atoms with Crippen LogP contribution >= 0.6 is 34.9 Å². The Morgan fingerprint density at radius 2 is 1.88 bits per heavy atom. The number of β-lactam (4-membered cyclic amide) rings is 1. The van der Waals surface area contributed by atoms with E-state index in [0.29, 0.717) is 38.0 Å². The minimum Gasteiger partial charge on any atom is -0.477 e. The maximum atomic E-state index is 13.6. The second-order valence-corrected chi connectivity index (χ2v) is 12.4. The largest absolute Gasteiger partial charge is 0.477 e. The Morgan fingerprint density at radius 1 is 1.12 bits per heavy atom. The third-order valence-electron chi connectivity index (χ3n) is 6.71. The summed E-state index contributed by atoms with van der Waals surface area (Å²) in [6.45, 7) is 0. The first kappa shape index (κ1) is 27.7. The van der Waals surface area contributed by atoms with Crippen LogP contribution in [-0.2, 0) is 14.4 Å². The molecule has 3 amide bonds. The number of aliphatic carboxylic acids is 1. The molecule has 2 aliphatic rings. The molecule has 4 aromatic rings. The van der Waals surface area contributed by atoms with Crippen molar-refractivity contribution in [1.29, 1.82) is 0 Å². The van der Waals surface area contributed by atoms with Crippen LogP contribution < -0.4 is 16.3 Å². The summed E-state index contributed by atoms with van der Waals surface area (Å²) in [6, 6.07) is 12.0. The molecular weight excluding hydrogens is 603 g/mol. The Bertz CT molecular complexity index is 1790. The van der Waals surface area contributed by atoms with Crippen molar-refractivity contribution < 1.29 is 24.3 Å². The number of amides is 3. The van der Waals surface area contributed by atoms with Crippen molar-refractivity contribution in [3.05, 3.63) is 87.4 Å². The number of hydrogen-bond donors (Lipinski definition) is 4. The summed E-state index contributed by atoms with van der Waals surface area (Å²) in [5.41, 5.74) is 2.60.